The van der Waals surface area contributed by atoms with E-state index in [9.17, 15) is 35.1 Å². The van der Waals surface area contributed by atoms with Crippen LogP contribution in [-0.2, 0) is 23.8 Å². The lowest BCUT2D eigenvalue weighted by atomic mass is 9.99. The van der Waals surface area contributed by atoms with E-state index in [1.165, 1.54) is 116 Å². The number of rotatable bonds is 55. The number of amides is 1. The molecule has 474 valence electrons. The Labute approximate surface area is 506 Å². The second kappa shape index (κ2) is 58.4. The van der Waals surface area contributed by atoms with Gasteiger partial charge in [0.05, 0.1) is 25.4 Å². The predicted octanol–water partition coefficient (Wildman–Crippen LogP) is 16.6. The van der Waals surface area contributed by atoms with Gasteiger partial charge in [-0.15, -0.1) is 0 Å². The average molecular weight is 1160 g/mol. The number of allylic oxidation sites excluding steroid dienone is 18. The number of hydrogen-bond donors (Lipinski definition) is 6. The fourth-order valence-corrected chi connectivity index (χ4v) is 9.62. The Morgan fingerprint density at radius 3 is 1.33 bits per heavy atom. The van der Waals surface area contributed by atoms with E-state index in [1.54, 1.807) is 12.2 Å². The first-order valence-electron chi connectivity index (χ1n) is 33.3. The van der Waals surface area contributed by atoms with Crippen LogP contribution in [0.4, 0.5) is 0 Å². The Hall–Kier alpha value is -3.94. The predicted molar refractivity (Wildman–Crippen MR) is 347 cm³/mol. The Bertz CT molecular complexity index is 1810. The smallest absolute Gasteiger partial charge is 0.306 e. The molecule has 0 aliphatic carbocycles. The molecule has 6 N–H and O–H groups in total. The van der Waals surface area contributed by atoms with Gasteiger partial charge < -0.3 is 45.1 Å². The second-order valence-corrected chi connectivity index (χ2v) is 22.5. The molecule has 11 nitrogen and oxygen atoms in total. The number of carbonyl (C=O) groups excluding carboxylic acids is 2. The van der Waals surface area contributed by atoms with E-state index in [4.69, 9.17) is 14.2 Å². The lowest BCUT2D eigenvalue weighted by Gasteiger charge is -2.41. The van der Waals surface area contributed by atoms with Crippen LogP contribution in [0.5, 0.6) is 0 Å². The second-order valence-electron chi connectivity index (χ2n) is 22.5. The van der Waals surface area contributed by atoms with E-state index >= 15 is 0 Å². The van der Waals surface area contributed by atoms with Gasteiger partial charge >= 0.3 is 5.97 Å². The van der Waals surface area contributed by atoms with Crippen molar-refractivity contribution in [2.75, 3.05) is 13.2 Å². The monoisotopic (exact) mass is 1160 g/mol. The highest BCUT2D eigenvalue weighted by Crippen LogP contribution is 2.26. The van der Waals surface area contributed by atoms with E-state index < -0.39 is 67.4 Å². The lowest BCUT2D eigenvalue weighted by Crippen LogP contribution is -2.61. The van der Waals surface area contributed by atoms with E-state index in [0.717, 1.165) is 96.3 Å². The summed E-state index contributed by atoms with van der Waals surface area (Å²) >= 11 is 0. The minimum Gasteiger partial charge on any atom is -0.454 e. The van der Waals surface area contributed by atoms with Gasteiger partial charge in [-0.25, -0.2) is 0 Å². The summed E-state index contributed by atoms with van der Waals surface area (Å²) in [7, 11) is 0. The third kappa shape index (κ3) is 46.0. The van der Waals surface area contributed by atoms with Crippen LogP contribution in [0, 0.1) is 0 Å². The third-order valence-corrected chi connectivity index (χ3v) is 14.9. The number of esters is 1. The quantitative estimate of drug-likeness (QED) is 0.0195. The van der Waals surface area contributed by atoms with Crippen LogP contribution in [0.2, 0.25) is 0 Å². The van der Waals surface area contributed by atoms with Crippen molar-refractivity contribution in [3.8, 4) is 0 Å². The van der Waals surface area contributed by atoms with Gasteiger partial charge in [-0.05, 0) is 96.3 Å². The summed E-state index contributed by atoms with van der Waals surface area (Å²) < 4.78 is 17.6. The van der Waals surface area contributed by atoms with Gasteiger partial charge in [0.15, 0.2) is 12.4 Å². The average Bonchev–Trinajstić information content (AvgIpc) is 3.64. The number of ether oxygens (including phenoxy) is 3. The van der Waals surface area contributed by atoms with Crippen molar-refractivity contribution >= 4 is 11.9 Å². The maximum Gasteiger partial charge on any atom is 0.306 e. The molecule has 0 saturated carbocycles. The molecule has 1 amide bonds. The Kier molecular flexibility index (Phi) is 54.3. The van der Waals surface area contributed by atoms with Crippen molar-refractivity contribution in [2.24, 2.45) is 0 Å². The van der Waals surface area contributed by atoms with Crippen molar-refractivity contribution < 1.29 is 49.3 Å². The molecule has 83 heavy (non-hydrogen) atoms. The van der Waals surface area contributed by atoms with Crippen molar-refractivity contribution in [2.45, 2.75) is 307 Å². The standard InChI is InChI=1S/C72H121NO10/c1-4-7-10-13-16-19-22-24-26-28-30-31-32-33-34-35-36-38-40-42-45-48-51-54-57-60-67(77)83-70-69(79)68(78)66(61-74)82-72(70)81-62-63(64(75)58-55-52-49-46-43-21-18-15-12-9-6-3)73-71(80)65(76)59-56-53-50-47-44-41-39-37-29-27-25-23-20-17-14-11-8-5-2/h8,11,16-17,19-20,24-27,30-31,37,39,44,47,53,55-56,58,63-66,68-70,72,74-76,78-79H,4-7,9-10,12-15,18,21-23,28-29,32-36,38,40-43,45-46,48-52,54,57,59-62H2,1-3H3,(H,73,80)/b11-8-,19-16-,20-17-,26-24-,27-25-,31-30-,39-37-,47-44-,56-53-,58-55+. The maximum absolute atomic E-state index is 13.4. The summed E-state index contributed by atoms with van der Waals surface area (Å²) in [5.41, 5.74) is 0. The molecular weight excluding hydrogens is 1040 g/mol. The van der Waals surface area contributed by atoms with Crippen LogP contribution < -0.4 is 5.32 Å². The molecule has 0 aromatic carbocycles. The molecule has 0 aromatic heterocycles. The lowest BCUT2D eigenvalue weighted by molar-refractivity contribution is -0.305. The van der Waals surface area contributed by atoms with E-state index in [1.807, 2.05) is 18.2 Å². The molecule has 1 heterocycles. The molecule has 8 atom stereocenters. The summed E-state index contributed by atoms with van der Waals surface area (Å²) in [6.07, 6.45) is 71.2. The van der Waals surface area contributed by atoms with Crippen LogP contribution in [-0.4, -0.2) is 99.6 Å². The first-order valence-corrected chi connectivity index (χ1v) is 33.3. The van der Waals surface area contributed by atoms with Crippen LogP contribution in [0.25, 0.3) is 0 Å². The summed E-state index contributed by atoms with van der Waals surface area (Å²) in [5, 5.41) is 56.9. The van der Waals surface area contributed by atoms with Crippen molar-refractivity contribution in [1.29, 1.82) is 0 Å². The SMILES string of the molecule is CC/C=C\C/C=C\C/C=C\C/C=C\C/C=C\C/C=C\CC(O)C(=O)NC(COC1OC(CO)C(O)C(O)C1OC(=O)CCCCCCCCCCCCCC/C=C\C/C=C\C/C=C\CCCCC)C(O)/C=C/CCCCCCCCCCC. The Balaban J connectivity index is 2.63. The highest BCUT2D eigenvalue weighted by molar-refractivity contribution is 5.81. The topological polar surface area (TPSA) is 175 Å². The Morgan fingerprint density at radius 2 is 0.867 bits per heavy atom. The van der Waals surface area contributed by atoms with Crippen LogP contribution in [0.1, 0.15) is 258 Å². The van der Waals surface area contributed by atoms with Gasteiger partial charge in [-0.3, -0.25) is 9.59 Å². The largest absolute Gasteiger partial charge is 0.454 e. The molecule has 1 aliphatic rings. The number of unbranched alkanes of at least 4 members (excludes halogenated alkanes) is 24. The highest BCUT2D eigenvalue weighted by atomic mass is 16.7. The molecule has 11 heteroatoms. The summed E-state index contributed by atoms with van der Waals surface area (Å²) in [6, 6.07) is -1.07. The fraction of sp³-hybridized carbons (Fsp3) is 0.694. The molecule has 1 saturated heterocycles. The number of aliphatic hydroxyl groups excluding tert-OH is 5. The van der Waals surface area contributed by atoms with Gasteiger partial charge in [0, 0.05) is 12.8 Å². The van der Waals surface area contributed by atoms with Gasteiger partial charge in [0.1, 0.15) is 24.4 Å². The molecular formula is C72H121NO10. The summed E-state index contributed by atoms with van der Waals surface area (Å²) in [4.78, 5) is 26.6. The molecule has 0 spiro atoms. The maximum atomic E-state index is 13.4. The number of nitrogens with one attached hydrogen (secondary N) is 1. The molecule has 1 rings (SSSR count). The zero-order chi connectivity index (χ0) is 60.3. The summed E-state index contributed by atoms with van der Waals surface area (Å²) in [5.74, 6) is -1.29. The van der Waals surface area contributed by atoms with Crippen LogP contribution in [0.15, 0.2) is 122 Å². The Morgan fingerprint density at radius 1 is 0.482 bits per heavy atom. The third-order valence-electron chi connectivity index (χ3n) is 14.9. The summed E-state index contributed by atoms with van der Waals surface area (Å²) in [6.45, 7) is 5.59. The van der Waals surface area contributed by atoms with Crippen LogP contribution in [0.3, 0.4) is 0 Å². The zero-order valence-corrected chi connectivity index (χ0v) is 52.5. The van der Waals surface area contributed by atoms with E-state index in [-0.39, 0.29) is 19.4 Å². The molecule has 0 bridgehead atoms. The number of aliphatic hydroxyl groups is 5. The zero-order valence-electron chi connectivity index (χ0n) is 52.5. The fourth-order valence-electron chi connectivity index (χ4n) is 9.62. The van der Waals surface area contributed by atoms with Gasteiger partial charge in [0.2, 0.25) is 5.91 Å². The van der Waals surface area contributed by atoms with Crippen LogP contribution >= 0.6 is 0 Å². The molecule has 0 radical (unpaired) electrons. The van der Waals surface area contributed by atoms with Gasteiger partial charge in [-0.2, -0.15) is 0 Å². The molecule has 8 unspecified atom stereocenters. The van der Waals surface area contributed by atoms with Crippen molar-refractivity contribution in [3.63, 3.8) is 0 Å². The minimum atomic E-state index is -1.63. The highest BCUT2D eigenvalue weighted by Gasteiger charge is 2.47. The van der Waals surface area contributed by atoms with E-state index in [2.05, 4.69) is 117 Å². The van der Waals surface area contributed by atoms with Crippen molar-refractivity contribution in [1.82, 2.24) is 5.32 Å². The first-order chi connectivity index (χ1) is 40.7. The minimum absolute atomic E-state index is 0.0524. The first kappa shape index (κ1) is 77.1. The van der Waals surface area contributed by atoms with Gasteiger partial charge in [-0.1, -0.05) is 271 Å². The molecule has 0 aromatic rings. The number of carbonyl (C=O) groups is 2. The molecule has 1 aliphatic heterocycles. The molecule has 1 fully saturated rings. The van der Waals surface area contributed by atoms with Crippen molar-refractivity contribution in [3.05, 3.63) is 122 Å². The normalized spacial score (nSPS) is 19.3. The van der Waals surface area contributed by atoms with Gasteiger partial charge in [0.25, 0.3) is 0 Å². The van der Waals surface area contributed by atoms with E-state index in [0.29, 0.717) is 12.8 Å². The number of hydrogen-bond acceptors (Lipinski definition) is 10.